The number of carbonyl (C=O) groups excluding carboxylic acids is 2. The molecule has 0 spiro atoms. The zero-order chi connectivity index (χ0) is 25.2. The van der Waals surface area contributed by atoms with Gasteiger partial charge >= 0.3 is 0 Å². The van der Waals surface area contributed by atoms with Crippen LogP contribution in [0.25, 0.3) is 0 Å². The summed E-state index contributed by atoms with van der Waals surface area (Å²) in [5, 5.41) is 2.84. The number of hydrogen-bond acceptors (Lipinski definition) is 6. The maximum absolute atomic E-state index is 12.9. The molecule has 1 N–H and O–H groups in total. The number of nitrogens with zero attached hydrogens (tertiary/aromatic N) is 3. The Kier molecular flexibility index (Phi) is 7.44. The first-order valence-electron chi connectivity index (χ1n) is 11.9. The second kappa shape index (κ2) is 10.3. The highest BCUT2D eigenvalue weighted by Gasteiger charge is 2.31. The summed E-state index contributed by atoms with van der Waals surface area (Å²) in [7, 11) is 0.439. The Hall–Kier alpha value is -2.95. The van der Waals surface area contributed by atoms with Gasteiger partial charge in [0.2, 0.25) is 10.0 Å². The highest BCUT2D eigenvalue weighted by atomic mass is 32.2. The summed E-state index contributed by atoms with van der Waals surface area (Å²) in [6, 6.07) is 11.2. The average molecular weight is 501 g/mol. The first-order valence-corrected chi connectivity index (χ1v) is 13.3. The SMILES string of the molecule is CC1Oc2ccc(NC(=O)c3ccc(S(=O)(=O)N4CCCC4)cc3)cc2N(CCCN(C)C)C1=O. The summed E-state index contributed by atoms with van der Waals surface area (Å²) < 4.78 is 32.7. The van der Waals surface area contributed by atoms with E-state index in [0.717, 1.165) is 25.8 Å². The number of ether oxygens (including phenoxy) is 1. The third-order valence-corrected chi connectivity index (χ3v) is 8.14. The topological polar surface area (TPSA) is 99.3 Å². The van der Waals surface area contributed by atoms with Crippen LogP contribution in [-0.2, 0) is 14.8 Å². The predicted octanol–water partition coefficient (Wildman–Crippen LogP) is 2.79. The number of sulfonamides is 1. The zero-order valence-corrected chi connectivity index (χ0v) is 21.2. The van der Waals surface area contributed by atoms with Crippen LogP contribution in [0.1, 0.15) is 36.5 Å². The molecule has 0 aromatic heterocycles. The van der Waals surface area contributed by atoms with Gasteiger partial charge in [0.05, 0.1) is 10.6 Å². The van der Waals surface area contributed by atoms with Crippen LogP contribution >= 0.6 is 0 Å². The van der Waals surface area contributed by atoms with Crippen molar-refractivity contribution >= 4 is 33.2 Å². The Balaban J connectivity index is 1.49. The van der Waals surface area contributed by atoms with Crippen LogP contribution in [0.2, 0.25) is 0 Å². The Morgan fingerprint density at radius 2 is 1.80 bits per heavy atom. The van der Waals surface area contributed by atoms with Gasteiger partial charge in [-0.05, 0) is 89.3 Å². The van der Waals surface area contributed by atoms with Crippen LogP contribution in [-0.4, -0.2) is 75.8 Å². The van der Waals surface area contributed by atoms with Gasteiger partial charge in [-0.3, -0.25) is 9.59 Å². The Morgan fingerprint density at radius 1 is 1.11 bits per heavy atom. The lowest BCUT2D eigenvalue weighted by atomic mass is 10.1. The van der Waals surface area contributed by atoms with E-state index in [4.69, 9.17) is 4.74 Å². The third kappa shape index (κ3) is 5.50. The molecule has 0 radical (unpaired) electrons. The largest absolute Gasteiger partial charge is 0.479 e. The van der Waals surface area contributed by atoms with Crippen molar-refractivity contribution in [2.75, 3.05) is 50.5 Å². The lowest BCUT2D eigenvalue weighted by Crippen LogP contribution is -2.45. The normalized spacial score (nSPS) is 18.5. The Labute approximate surface area is 206 Å². The molecule has 9 nitrogen and oxygen atoms in total. The monoisotopic (exact) mass is 500 g/mol. The van der Waals surface area contributed by atoms with E-state index < -0.39 is 16.1 Å². The zero-order valence-electron chi connectivity index (χ0n) is 20.4. The number of carbonyl (C=O) groups is 2. The summed E-state index contributed by atoms with van der Waals surface area (Å²) in [4.78, 5) is 29.6. The molecule has 0 aliphatic carbocycles. The highest BCUT2D eigenvalue weighted by molar-refractivity contribution is 7.89. The molecule has 2 heterocycles. The van der Waals surface area contributed by atoms with Crippen LogP contribution in [0.15, 0.2) is 47.4 Å². The van der Waals surface area contributed by atoms with Gasteiger partial charge in [0.15, 0.2) is 6.10 Å². The van der Waals surface area contributed by atoms with Gasteiger partial charge < -0.3 is 19.9 Å². The van der Waals surface area contributed by atoms with Gasteiger partial charge in [-0.25, -0.2) is 8.42 Å². The van der Waals surface area contributed by atoms with E-state index in [1.54, 1.807) is 30.0 Å². The van der Waals surface area contributed by atoms with E-state index in [9.17, 15) is 18.0 Å². The summed E-state index contributed by atoms with van der Waals surface area (Å²) in [6.45, 7) is 4.17. The number of fused-ring (bicyclic) bond motifs is 1. The first kappa shape index (κ1) is 25.2. The molecular formula is C25H32N4O5S. The summed E-state index contributed by atoms with van der Waals surface area (Å²) >= 11 is 0. The third-order valence-electron chi connectivity index (χ3n) is 6.23. The maximum atomic E-state index is 12.9. The molecule has 2 aliphatic rings. The molecule has 4 rings (SSSR count). The summed E-state index contributed by atoms with van der Waals surface area (Å²) in [6.07, 6.45) is 1.96. The van der Waals surface area contributed by atoms with Crippen molar-refractivity contribution in [2.24, 2.45) is 0 Å². The van der Waals surface area contributed by atoms with E-state index >= 15 is 0 Å². The number of anilines is 2. The highest BCUT2D eigenvalue weighted by Crippen LogP contribution is 2.36. The molecule has 2 aliphatic heterocycles. The van der Waals surface area contributed by atoms with Crippen LogP contribution in [0, 0.1) is 0 Å². The van der Waals surface area contributed by atoms with Gasteiger partial charge in [0, 0.05) is 30.9 Å². The standard InChI is InChI=1S/C25H32N4O5S/c1-18-25(31)29(16-6-13-27(2)3)22-17-20(9-12-23(22)34-18)26-24(30)19-7-10-21(11-8-19)35(32,33)28-14-4-5-15-28/h7-12,17-18H,4-6,13-16H2,1-3H3,(H,26,30). The molecule has 10 heteroatoms. The quantitative estimate of drug-likeness (QED) is 0.599. The van der Waals surface area contributed by atoms with Crippen molar-refractivity contribution < 1.29 is 22.7 Å². The predicted molar refractivity (Wildman–Crippen MR) is 134 cm³/mol. The van der Waals surface area contributed by atoms with E-state index in [1.165, 1.54) is 28.6 Å². The molecule has 35 heavy (non-hydrogen) atoms. The van der Waals surface area contributed by atoms with E-state index in [-0.39, 0.29) is 16.7 Å². The first-order chi connectivity index (χ1) is 16.7. The molecule has 1 unspecified atom stereocenters. The second-order valence-electron chi connectivity index (χ2n) is 9.18. The van der Waals surface area contributed by atoms with E-state index in [1.807, 2.05) is 14.1 Å². The fourth-order valence-electron chi connectivity index (χ4n) is 4.32. The summed E-state index contributed by atoms with van der Waals surface area (Å²) in [5.74, 6) is 0.108. The fraction of sp³-hybridized carbons (Fsp3) is 0.440. The molecule has 1 saturated heterocycles. The molecule has 1 fully saturated rings. The minimum absolute atomic E-state index is 0.116. The number of nitrogens with one attached hydrogen (secondary N) is 1. The van der Waals surface area contributed by atoms with Crippen molar-refractivity contribution in [3.8, 4) is 5.75 Å². The van der Waals surface area contributed by atoms with Gasteiger partial charge in [-0.15, -0.1) is 0 Å². The maximum Gasteiger partial charge on any atom is 0.267 e. The minimum atomic E-state index is -3.53. The van der Waals surface area contributed by atoms with Crippen LogP contribution < -0.4 is 15.0 Å². The molecule has 0 saturated carbocycles. The molecule has 0 bridgehead atoms. The number of hydrogen-bond donors (Lipinski definition) is 1. The van der Waals surface area contributed by atoms with Crippen molar-refractivity contribution in [2.45, 2.75) is 37.2 Å². The lowest BCUT2D eigenvalue weighted by molar-refractivity contribution is -0.125. The molecule has 1 atom stereocenters. The van der Waals surface area contributed by atoms with Crippen LogP contribution in [0.5, 0.6) is 5.75 Å². The van der Waals surface area contributed by atoms with Crippen molar-refractivity contribution in [1.82, 2.24) is 9.21 Å². The van der Waals surface area contributed by atoms with Gasteiger partial charge in [-0.2, -0.15) is 4.31 Å². The second-order valence-corrected chi connectivity index (χ2v) is 11.1. The molecule has 2 aromatic rings. The number of amides is 2. The fourth-order valence-corrected chi connectivity index (χ4v) is 5.84. The Bertz CT molecular complexity index is 1190. The average Bonchev–Trinajstić information content (AvgIpc) is 3.38. The van der Waals surface area contributed by atoms with Gasteiger partial charge in [-0.1, -0.05) is 0 Å². The lowest BCUT2D eigenvalue weighted by Gasteiger charge is -2.33. The summed E-state index contributed by atoms with van der Waals surface area (Å²) in [5.41, 5.74) is 1.48. The number of benzene rings is 2. The minimum Gasteiger partial charge on any atom is -0.479 e. The van der Waals surface area contributed by atoms with Crippen LogP contribution in [0.3, 0.4) is 0 Å². The number of rotatable bonds is 8. The van der Waals surface area contributed by atoms with Gasteiger partial charge in [0.25, 0.3) is 11.8 Å². The smallest absolute Gasteiger partial charge is 0.267 e. The van der Waals surface area contributed by atoms with E-state index in [2.05, 4.69) is 10.2 Å². The Morgan fingerprint density at radius 3 is 2.46 bits per heavy atom. The van der Waals surface area contributed by atoms with Crippen molar-refractivity contribution in [3.05, 3.63) is 48.0 Å². The van der Waals surface area contributed by atoms with Crippen molar-refractivity contribution in [1.29, 1.82) is 0 Å². The molecular weight excluding hydrogens is 468 g/mol. The van der Waals surface area contributed by atoms with Gasteiger partial charge in [0.1, 0.15) is 5.75 Å². The van der Waals surface area contributed by atoms with Crippen LogP contribution in [0.4, 0.5) is 11.4 Å². The molecule has 188 valence electrons. The van der Waals surface area contributed by atoms with E-state index in [0.29, 0.717) is 42.3 Å². The molecule has 2 aromatic carbocycles. The van der Waals surface area contributed by atoms with Crippen molar-refractivity contribution in [3.63, 3.8) is 0 Å². The molecule has 2 amide bonds.